The van der Waals surface area contributed by atoms with Crippen LogP contribution in [0.25, 0.3) is 0 Å². The fourth-order valence-electron chi connectivity index (χ4n) is 2.52. The molecule has 3 aromatic carbocycles. The molecule has 3 rings (SSSR count). The lowest BCUT2D eigenvalue weighted by molar-refractivity contribution is -0.118. The molecule has 148 valence electrons. The maximum absolute atomic E-state index is 12.4. The highest BCUT2D eigenvalue weighted by atomic mass is 35.5. The van der Waals surface area contributed by atoms with Crippen molar-refractivity contribution in [1.82, 2.24) is 0 Å². The molecule has 29 heavy (non-hydrogen) atoms. The Labute approximate surface area is 173 Å². The summed E-state index contributed by atoms with van der Waals surface area (Å²) >= 11 is 5.81. The molecule has 0 atom stereocenters. The first-order chi connectivity index (χ1) is 14.0. The average Bonchev–Trinajstić information content (AvgIpc) is 2.74. The van der Waals surface area contributed by atoms with Gasteiger partial charge in [-0.1, -0.05) is 23.7 Å². The van der Waals surface area contributed by atoms with Crippen molar-refractivity contribution in [1.29, 1.82) is 0 Å². The normalized spacial score (nSPS) is 10.1. The standard InChI is InChI=1S/C22H19ClN2O4/c1-28-20-5-3-2-4-19(20)25-22(27)15-6-10-17(11-7-15)24-21(26)14-29-18-12-8-16(23)9-13-18/h2-13H,14H2,1H3,(H,24,26)(H,25,27). The maximum atomic E-state index is 12.4. The molecule has 0 bridgehead atoms. The summed E-state index contributed by atoms with van der Waals surface area (Å²) in [6.07, 6.45) is 0. The van der Waals surface area contributed by atoms with Crippen LogP contribution in [-0.4, -0.2) is 25.5 Å². The molecule has 0 aliphatic carbocycles. The van der Waals surface area contributed by atoms with Crippen molar-refractivity contribution in [2.75, 3.05) is 24.4 Å². The maximum Gasteiger partial charge on any atom is 0.262 e. The van der Waals surface area contributed by atoms with Gasteiger partial charge in [-0.25, -0.2) is 0 Å². The number of methoxy groups -OCH3 is 1. The van der Waals surface area contributed by atoms with Crippen LogP contribution in [0.3, 0.4) is 0 Å². The van der Waals surface area contributed by atoms with Crippen molar-refractivity contribution >= 4 is 34.8 Å². The van der Waals surface area contributed by atoms with E-state index in [2.05, 4.69) is 10.6 Å². The smallest absolute Gasteiger partial charge is 0.262 e. The van der Waals surface area contributed by atoms with E-state index in [1.54, 1.807) is 67.8 Å². The van der Waals surface area contributed by atoms with Gasteiger partial charge in [0.25, 0.3) is 11.8 Å². The molecule has 0 fully saturated rings. The first-order valence-corrected chi connectivity index (χ1v) is 9.15. The monoisotopic (exact) mass is 410 g/mol. The lowest BCUT2D eigenvalue weighted by Gasteiger charge is -2.10. The molecule has 6 nitrogen and oxygen atoms in total. The number of carbonyl (C=O) groups is 2. The van der Waals surface area contributed by atoms with E-state index >= 15 is 0 Å². The van der Waals surface area contributed by atoms with Crippen molar-refractivity contribution in [2.24, 2.45) is 0 Å². The number of para-hydroxylation sites is 2. The van der Waals surface area contributed by atoms with E-state index in [0.717, 1.165) is 0 Å². The van der Waals surface area contributed by atoms with Gasteiger partial charge in [-0.05, 0) is 60.7 Å². The largest absolute Gasteiger partial charge is 0.495 e. The average molecular weight is 411 g/mol. The lowest BCUT2D eigenvalue weighted by Crippen LogP contribution is -2.20. The molecule has 2 N–H and O–H groups in total. The summed E-state index contributed by atoms with van der Waals surface area (Å²) in [5.74, 6) is 0.531. The second kappa shape index (κ2) is 9.61. The van der Waals surface area contributed by atoms with Crippen molar-refractivity contribution < 1.29 is 19.1 Å². The molecule has 0 aliphatic heterocycles. The van der Waals surface area contributed by atoms with Gasteiger partial charge < -0.3 is 20.1 Å². The number of amides is 2. The zero-order chi connectivity index (χ0) is 20.6. The van der Waals surface area contributed by atoms with E-state index in [1.165, 1.54) is 0 Å². The van der Waals surface area contributed by atoms with Crippen LogP contribution in [0.4, 0.5) is 11.4 Å². The number of ether oxygens (including phenoxy) is 2. The van der Waals surface area contributed by atoms with Gasteiger partial charge in [0, 0.05) is 16.3 Å². The molecular formula is C22H19ClN2O4. The number of hydrogen-bond donors (Lipinski definition) is 2. The molecule has 7 heteroatoms. The Bertz CT molecular complexity index is 988. The Morgan fingerprint density at radius 1 is 0.897 bits per heavy atom. The van der Waals surface area contributed by atoms with E-state index < -0.39 is 0 Å². The summed E-state index contributed by atoms with van der Waals surface area (Å²) in [5, 5.41) is 6.11. The molecule has 0 unspecified atom stereocenters. The molecule has 0 heterocycles. The van der Waals surface area contributed by atoms with Crippen LogP contribution in [0.5, 0.6) is 11.5 Å². The van der Waals surface area contributed by atoms with Crippen molar-refractivity contribution in [2.45, 2.75) is 0 Å². The quantitative estimate of drug-likeness (QED) is 0.596. The second-order valence-corrected chi connectivity index (χ2v) is 6.46. The molecule has 0 aromatic heterocycles. The Hall–Kier alpha value is -3.51. The Morgan fingerprint density at radius 2 is 1.59 bits per heavy atom. The van der Waals surface area contributed by atoms with Crippen LogP contribution < -0.4 is 20.1 Å². The summed E-state index contributed by atoms with van der Waals surface area (Å²) in [4.78, 5) is 24.4. The third-order valence-corrected chi connectivity index (χ3v) is 4.22. The first kappa shape index (κ1) is 20.2. The zero-order valence-electron chi connectivity index (χ0n) is 15.6. The summed E-state index contributed by atoms with van der Waals surface area (Å²) in [6, 6.07) is 20.4. The number of carbonyl (C=O) groups excluding carboxylic acids is 2. The molecule has 3 aromatic rings. The van der Waals surface area contributed by atoms with Crippen molar-refractivity contribution in [3.63, 3.8) is 0 Å². The van der Waals surface area contributed by atoms with Gasteiger partial charge in [0.1, 0.15) is 11.5 Å². The number of benzene rings is 3. The summed E-state index contributed by atoms with van der Waals surface area (Å²) in [7, 11) is 1.54. The van der Waals surface area contributed by atoms with Crippen LogP contribution in [-0.2, 0) is 4.79 Å². The van der Waals surface area contributed by atoms with E-state index in [-0.39, 0.29) is 18.4 Å². The SMILES string of the molecule is COc1ccccc1NC(=O)c1ccc(NC(=O)COc2ccc(Cl)cc2)cc1. The highest BCUT2D eigenvalue weighted by molar-refractivity contribution is 6.30. The van der Waals surface area contributed by atoms with Crippen LogP contribution in [0.1, 0.15) is 10.4 Å². The summed E-state index contributed by atoms with van der Waals surface area (Å²) < 4.78 is 10.6. The number of rotatable bonds is 7. The number of hydrogen-bond acceptors (Lipinski definition) is 4. The molecule has 0 saturated heterocycles. The van der Waals surface area contributed by atoms with E-state index in [4.69, 9.17) is 21.1 Å². The molecule has 0 saturated carbocycles. The minimum absolute atomic E-state index is 0.141. The van der Waals surface area contributed by atoms with Crippen LogP contribution in [0, 0.1) is 0 Å². The van der Waals surface area contributed by atoms with E-state index in [9.17, 15) is 9.59 Å². The molecular weight excluding hydrogens is 392 g/mol. The van der Waals surface area contributed by atoms with Gasteiger partial charge in [0.2, 0.25) is 0 Å². The fourth-order valence-corrected chi connectivity index (χ4v) is 2.65. The van der Waals surface area contributed by atoms with Gasteiger partial charge >= 0.3 is 0 Å². The molecule has 0 spiro atoms. The van der Waals surface area contributed by atoms with Gasteiger partial charge in [0.05, 0.1) is 12.8 Å². The highest BCUT2D eigenvalue weighted by Gasteiger charge is 2.10. The first-order valence-electron chi connectivity index (χ1n) is 8.78. The highest BCUT2D eigenvalue weighted by Crippen LogP contribution is 2.24. The third-order valence-electron chi connectivity index (χ3n) is 3.97. The lowest BCUT2D eigenvalue weighted by atomic mass is 10.2. The van der Waals surface area contributed by atoms with Gasteiger partial charge in [-0.2, -0.15) is 0 Å². The van der Waals surface area contributed by atoms with Crippen molar-refractivity contribution in [3.8, 4) is 11.5 Å². The predicted molar refractivity (Wildman–Crippen MR) is 113 cm³/mol. The van der Waals surface area contributed by atoms with E-state index in [0.29, 0.717) is 33.5 Å². The Balaban J connectivity index is 1.54. The fraction of sp³-hybridized carbons (Fsp3) is 0.0909. The predicted octanol–water partition coefficient (Wildman–Crippen LogP) is 4.62. The zero-order valence-corrected chi connectivity index (χ0v) is 16.4. The summed E-state index contributed by atoms with van der Waals surface area (Å²) in [5.41, 5.74) is 1.59. The second-order valence-electron chi connectivity index (χ2n) is 6.02. The van der Waals surface area contributed by atoms with Crippen LogP contribution in [0.15, 0.2) is 72.8 Å². The minimum atomic E-state index is -0.314. The topological polar surface area (TPSA) is 76.7 Å². The Kier molecular flexibility index (Phi) is 6.71. The van der Waals surface area contributed by atoms with Crippen LogP contribution in [0.2, 0.25) is 5.02 Å². The third kappa shape index (κ3) is 5.73. The van der Waals surface area contributed by atoms with Gasteiger partial charge in [-0.15, -0.1) is 0 Å². The van der Waals surface area contributed by atoms with Gasteiger partial charge in [-0.3, -0.25) is 9.59 Å². The number of nitrogens with one attached hydrogen (secondary N) is 2. The molecule has 2 amide bonds. The Morgan fingerprint density at radius 3 is 2.28 bits per heavy atom. The van der Waals surface area contributed by atoms with Crippen molar-refractivity contribution in [3.05, 3.63) is 83.4 Å². The van der Waals surface area contributed by atoms with Crippen LogP contribution >= 0.6 is 11.6 Å². The number of halogens is 1. The minimum Gasteiger partial charge on any atom is -0.495 e. The van der Waals surface area contributed by atoms with Gasteiger partial charge in [0.15, 0.2) is 6.61 Å². The number of anilines is 2. The molecule has 0 aliphatic rings. The van der Waals surface area contributed by atoms with E-state index in [1.807, 2.05) is 12.1 Å². The summed E-state index contributed by atoms with van der Waals surface area (Å²) in [6.45, 7) is -0.141. The molecule has 0 radical (unpaired) electrons.